The Kier molecular flexibility index (Phi) is 8.97. The molecule has 3 rings (SSSR count). The molecule has 0 saturated carbocycles. The largest absolute Gasteiger partial charge is 0.497 e. The van der Waals surface area contributed by atoms with E-state index in [1.807, 2.05) is 0 Å². The molecule has 1 atom stereocenters. The number of ether oxygens (including phenoxy) is 1. The van der Waals surface area contributed by atoms with E-state index >= 15 is 0 Å². The number of carbonyl (C=O) groups is 2. The number of methoxy groups -OCH3 is 1. The minimum absolute atomic E-state index is 0.887. The first-order valence-electron chi connectivity index (χ1n) is 9.66. The summed E-state index contributed by atoms with van der Waals surface area (Å²) in [5.74, 6) is -1.82. The van der Waals surface area contributed by atoms with Gasteiger partial charge >= 0.3 is 11.9 Å². The van der Waals surface area contributed by atoms with Crippen LogP contribution in [-0.2, 0) is 16.1 Å². The van der Waals surface area contributed by atoms with Gasteiger partial charge in [-0.15, -0.1) is 0 Å². The van der Waals surface area contributed by atoms with Crippen LogP contribution < -0.4 is 4.74 Å². The van der Waals surface area contributed by atoms with E-state index in [0.717, 1.165) is 18.2 Å². The van der Waals surface area contributed by atoms with E-state index in [1.54, 1.807) is 7.11 Å². The molecule has 2 aliphatic rings. The average molecular weight is 390 g/mol. The summed E-state index contributed by atoms with van der Waals surface area (Å²) in [5.41, 5.74) is 1.38. The summed E-state index contributed by atoms with van der Waals surface area (Å²) >= 11 is 0. The van der Waals surface area contributed by atoms with E-state index in [9.17, 15) is 0 Å². The first kappa shape index (κ1) is 21.9. The summed E-state index contributed by atoms with van der Waals surface area (Å²) in [6.45, 7) is 7.17. The van der Waals surface area contributed by atoms with Crippen molar-refractivity contribution in [2.75, 3.05) is 39.8 Å². The van der Waals surface area contributed by atoms with Gasteiger partial charge in [-0.05, 0) is 42.9 Å². The maximum Gasteiger partial charge on any atom is 0.414 e. The molecule has 1 heterocycles. The Hall–Kier alpha value is -2.38. The van der Waals surface area contributed by atoms with Gasteiger partial charge in [0.2, 0.25) is 0 Å². The molecule has 1 aromatic carbocycles. The third-order valence-corrected chi connectivity index (χ3v) is 5.11. The average Bonchev–Trinajstić information content (AvgIpc) is 2.71. The number of piperazine rings is 1. The Morgan fingerprint density at radius 3 is 2.11 bits per heavy atom. The third kappa shape index (κ3) is 7.70. The van der Waals surface area contributed by atoms with E-state index in [0.29, 0.717) is 0 Å². The zero-order valence-corrected chi connectivity index (χ0v) is 16.4. The highest BCUT2D eigenvalue weighted by atomic mass is 16.5. The zero-order chi connectivity index (χ0) is 20.4. The number of carboxylic acid groups (broad SMARTS) is 2. The van der Waals surface area contributed by atoms with Crippen LogP contribution in [0.2, 0.25) is 0 Å². The molecular formula is C21H30N2O5. The summed E-state index contributed by atoms with van der Waals surface area (Å²) in [6.07, 6.45) is 8.65. The lowest BCUT2D eigenvalue weighted by atomic mass is 9.94. The minimum atomic E-state index is -1.82. The third-order valence-electron chi connectivity index (χ3n) is 5.11. The first-order chi connectivity index (χ1) is 13.5. The Morgan fingerprint density at radius 1 is 1.00 bits per heavy atom. The van der Waals surface area contributed by atoms with Crippen LogP contribution in [0, 0.1) is 5.92 Å². The molecular weight excluding hydrogens is 360 g/mol. The van der Waals surface area contributed by atoms with E-state index in [1.165, 1.54) is 57.5 Å². The van der Waals surface area contributed by atoms with E-state index in [-0.39, 0.29) is 0 Å². The molecule has 1 fully saturated rings. The van der Waals surface area contributed by atoms with Crippen molar-refractivity contribution < 1.29 is 24.5 Å². The number of allylic oxidation sites excluding steroid dienone is 2. The SMILES string of the molecule is COc1ccc(CN2CCN(CC3CC=CCC3)CC2)cc1.O=C(O)C(=O)O. The lowest BCUT2D eigenvalue weighted by Crippen LogP contribution is -2.47. The number of hydrogen-bond acceptors (Lipinski definition) is 5. The summed E-state index contributed by atoms with van der Waals surface area (Å²) in [7, 11) is 1.72. The molecule has 0 aromatic heterocycles. The molecule has 7 heteroatoms. The van der Waals surface area contributed by atoms with E-state index in [4.69, 9.17) is 24.5 Å². The number of nitrogens with zero attached hydrogens (tertiary/aromatic N) is 2. The highest BCUT2D eigenvalue weighted by Crippen LogP contribution is 2.20. The minimum Gasteiger partial charge on any atom is -0.497 e. The van der Waals surface area contributed by atoms with Gasteiger partial charge in [0.05, 0.1) is 7.11 Å². The molecule has 7 nitrogen and oxygen atoms in total. The van der Waals surface area contributed by atoms with Gasteiger partial charge in [0.1, 0.15) is 5.75 Å². The number of hydrogen-bond donors (Lipinski definition) is 2. The molecule has 28 heavy (non-hydrogen) atoms. The Labute approximate surface area is 166 Å². The summed E-state index contributed by atoms with van der Waals surface area (Å²) in [5, 5.41) is 14.8. The smallest absolute Gasteiger partial charge is 0.414 e. The highest BCUT2D eigenvalue weighted by molar-refractivity contribution is 6.27. The number of rotatable bonds is 5. The Balaban J connectivity index is 0.000000409. The predicted molar refractivity (Wildman–Crippen MR) is 106 cm³/mol. The van der Waals surface area contributed by atoms with Crippen LogP contribution in [0.4, 0.5) is 0 Å². The second kappa shape index (κ2) is 11.5. The van der Waals surface area contributed by atoms with Crippen LogP contribution in [0.5, 0.6) is 5.75 Å². The predicted octanol–water partition coefficient (Wildman–Crippen LogP) is 2.32. The van der Waals surface area contributed by atoms with Gasteiger partial charge in [0.25, 0.3) is 0 Å². The maximum absolute atomic E-state index is 9.10. The molecule has 154 valence electrons. The summed E-state index contributed by atoms with van der Waals surface area (Å²) in [6, 6.07) is 8.48. The van der Waals surface area contributed by atoms with Crippen molar-refractivity contribution in [3.63, 3.8) is 0 Å². The fraction of sp³-hybridized carbons (Fsp3) is 0.524. The van der Waals surface area contributed by atoms with Crippen LogP contribution in [0.3, 0.4) is 0 Å². The molecule has 2 N–H and O–H groups in total. The second-order valence-electron chi connectivity index (χ2n) is 7.19. The van der Waals surface area contributed by atoms with Gasteiger partial charge in [-0.3, -0.25) is 4.90 Å². The van der Waals surface area contributed by atoms with Crippen molar-refractivity contribution in [2.24, 2.45) is 5.92 Å². The second-order valence-corrected chi connectivity index (χ2v) is 7.19. The fourth-order valence-corrected chi connectivity index (χ4v) is 3.51. The molecule has 1 aliphatic heterocycles. The highest BCUT2D eigenvalue weighted by Gasteiger charge is 2.20. The molecule has 1 saturated heterocycles. The zero-order valence-electron chi connectivity index (χ0n) is 16.4. The van der Waals surface area contributed by atoms with Crippen molar-refractivity contribution >= 4 is 11.9 Å². The topological polar surface area (TPSA) is 90.3 Å². The lowest BCUT2D eigenvalue weighted by Gasteiger charge is -2.36. The molecule has 0 radical (unpaired) electrons. The lowest BCUT2D eigenvalue weighted by molar-refractivity contribution is -0.159. The van der Waals surface area contributed by atoms with Crippen LogP contribution in [-0.4, -0.2) is 71.8 Å². The van der Waals surface area contributed by atoms with Gasteiger partial charge in [0.15, 0.2) is 0 Å². The van der Waals surface area contributed by atoms with Crippen molar-refractivity contribution in [1.29, 1.82) is 0 Å². The maximum atomic E-state index is 9.10. The van der Waals surface area contributed by atoms with E-state index < -0.39 is 11.9 Å². The Bertz CT molecular complexity index is 639. The summed E-state index contributed by atoms with van der Waals surface area (Å²) < 4.78 is 5.22. The molecule has 0 amide bonds. The monoisotopic (exact) mass is 390 g/mol. The van der Waals surface area contributed by atoms with Crippen molar-refractivity contribution in [1.82, 2.24) is 9.80 Å². The molecule has 1 aromatic rings. The summed E-state index contributed by atoms with van der Waals surface area (Å²) in [4.78, 5) is 23.4. The molecule has 1 unspecified atom stereocenters. The standard InChI is InChI=1S/C19H28N2O.C2H2O4/c1-22-19-9-7-18(8-10-19)16-21-13-11-20(12-14-21)15-17-5-3-2-4-6-17;3-1(4)2(5)6/h2-3,7-10,17H,4-6,11-16H2,1H3;(H,3,4)(H,5,6). The van der Waals surface area contributed by atoms with Crippen LogP contribution in [0.15, 0.2) is 36.4 Å². The fourth-order valence-electron chi connectivity index (χ4n) is 3.51. The van der Waals surface area contributed by atoms with Crippen LogP contribution >= 0.6 is 0 Å². The molecule has 0 bridgehead atoms. The van der Waals surface area contributed by atoms with Crippen molar-refractivity contribution in [3.8, 4) is 5.75 Å². The van der Waals surface area contributed by atoms with Gasteiger partial charge < -0.3 is 19.8 Å². The van der Waals surface area contributed by atoms with Crippen LogP contribution in [0.25, 0.3) is 0 Å². The van der Waals surface area contributed by atoms with Crippen molar-refractivity contribution in [2.45, 2.75) is 25.8 Å². The Morgan fingerprint density at radius 2 is 1.61 bits per heavy atom. The van der Waals surface area contributed by atoms with Gasteiger partial charge in [-0.2, -0.15) is 0 Å². The first-order valence-corrected chi connectivity index (χ1v) is 9.66. The van der Waals surface area contributed by atoms with E-state index in [2.05, 4.69) is 46.2 Å². The number of benzene rings is 1. The normalized spacial score (nSPS) is 20.1. The number of carboxylic acids is 2. The molecule has 1 aliphatic carbocycles. The van der Waals surface area contributed by atoms with Crippen molar-refractivity contribution in [3.05, 3.63) is 42.0 Å². The van der Waals surface area contributed by atoms with Crippen LogP contribution in [0.1, 0.15) is 24.8 Å². The number of aliphatic carboxylic acids is 2. The van der Waals surface area contributed by atoms with Gasteiger partial charge in [0, 0.05) is 39.3 Å². The quantitative estimate of drug-likeness (QED) is 0.589. The van der Waals surface area contributed by atoms with Gasteiger partial charge in [-0.1, -0.05) is 24.3 Å². The van der Waals surface area contributed by atoms with Gasteiger partial charge in [-0.25, -0.2) is 9.59 Å². The molecule has 0 spiro atoms.